The number of ether oxygens (including phenoxy) is 1. The van der Waals surface area contributed by atoms with Gasteiger partial charge in [-0.05, 0) is 49.9 Å². The molecule has 0 saturated carbocycles. The van der Waals surface area contributed by atoms with Crippen molar-refractivity contribution >= 4 is 34.8 Å². The second-order valence-corrected chi connectivity index (χ2v) is 9.06. The minimum absolute atomic E-state index is 0.122. The van der Waals surface area contributed by atoms with E-state index in [1.165, 1.54) is 51.0 Å². The first-order chi connectivity index (χ1) is 15.3. The van der Waals surface area contributed by atoms with E-state index in [0.717, 1.165) is 18.4 Å². The van der Waals surface area contributed by atoms with Crippen molar-refractivity contribution in [3.63, 3.8) is 0 Å². The molecule has 0 bridgehead atoms. The Bertz CT molecular complexity index is 886. The smallest absolute Gasteiger partial charge is 0.265 e. The van der Waals surface area contributed by atoms with Gasteiger partial charge in [0.05, 0.1) is 10.7 Å². The number of hydrogen-bond acceptors (Lipinski definition) is 3. The maximum atomic E-state index is 12.7. The van der Waals surface area contributed by atoms with Gasteiger partial charge < -0.3 is 15.2 Å². The van der Waals surface area contributed by atoms with Crippen molar-refractivity contribution in [3.05, 3.63) is 51.5 Å². The normalized spacial score (nSPS) is 11.9. The number of anilines is 1. The molecule has 32 heavy (non-hydrogen) atoms. The summed E-state index contributed by atoms with van der Waals surface area (Å²) in [5, 5.41) is 13.4. The summed E-state index contributed by atoms with van der Waals surface area (Å²) >= 11 is 12.2. The number of phenols is 1. The molecule has 0 fully saturated rings. The number of aryl methyl sites for hydroxylation is 1. The van der Waals surface area contributed by atoms with Gasteiger partial charge in [-0.2, -0.15) is 0 Å². The van der Waals surface area contributed by atoms with Gasteiger partial charge in [0.25, 0.3) is 5.91 Å². The van der Waals surface area contributed by atoms with Crippen LogP contribution < -0.4 is 10.1 Å². The Morgan fingerprint density at radius 2 is 1.69 bits per heavy atom. The number of nitrogens with one attached hydrogen (secondary N) is 1. The number of phenolic OH excluding ortho intramolecular Hbond substituents is 1. The van der Waals surface area contributed by atoms with E-state index < -0.39 is 12.0 Å². The third-order valence-electron chi connectivity index (χ3n) is 5.62. The summed E-state index contributed by atoms with van der Waals surface area (Å²) in [6.07, 6.45) is 10.3. The van der Waals surface area contributed by atoms with Crippen molar-refractivity contribution in [2.75, 3.05) is 5.32 Å². The molecule has 2 N–H and O–H groups in total. The van der Waals surface area contributed by atoms with Gasteiger partial charge in [0.1, 0.15) is 5.75 Å². The lowest BCUT2D eigenvalue weighted by Gasteiger charge is -2.18. The van der Waals surface area contributed by atoms with Crippen LogP contribution >= 0.6 is 23.2 Å². The predicted molar refractivity (Wildman–Crippen MR) is 134 cm³/mol. The fraction of sp³-hybridized carbons (Fsp3) is 0.500. The molecule has 176 valence electrons. The third kappa shape index (κ3) is 7.90. The minimum Gasteiger partial charge on any atom is -0.504 e. The standard InChI is InChI=1S/C26H35Cl2NO3/c1-4-5-6-7-8-9-10-11-14-20-15-12-13-16-23(20)32-19(3)26(31)29-22-17-21(27)18(2)24(28)25(22)30/h12-13,15-17,19,30H,4-11,14H2,1-3H3,(H,29,31). The first-order valence-corrected chi connectivity index (χ1v) is 12.3. The second kappa shape index (κ2) is 13.6. The Morgan fingerprint density at radius 3 is 2.38 bits per heavy atom. The Hall–Kier alpha value is -1.91. The van der Waals surface area contributed by atoms with E-state index in [1.54, 1.807) is 13.8 Å². The van der Waals surface area contributed by atoms with Crippen LogP contribution in [0.15, 0.2) is 30.3 Å². The number of benzene rings is 2. The lowest BCUT2D eigenvalue weighted by Crippen LogP contribution is -2.30. The zero-order valence-electron chi connectivity index (χ0n) is 19.3. The SMILES string of the molecule is CCCCCCCCCCc1ccccc1OC(C)C(=O)Nc1cc(Cl)c(C)c(Cl)c1O. The van der Waals surface area contributed by atoms with Gasteiger partial charge in [-0.15, -0.1) is 0 Å². The summed E-state index contributed by atoms with van der Waals surface area (Å²) in [6, 6.07) is 9.32. The quantitative estimate of drug-likeness (QED) is 0.225. The molecular weight excluding hydrogens is 445 g/mol. The van der Waals surface area contributed by atoms with Crippen LogP contribution in [0.2, 0.25) is 10.0 Å². The van der Waals surface area contributed by atoms with Gasteiger partial charge >= 0.3 is 0 Å². The molecule has 0 heterocycles. The summed E-state index contributed by atoms with van der Waals surface area (Å²) in [5.41, 5.74) is 1.82. The molecule has 6 heteroatoms. The van der Waals surface area contributed by atoms with Gasteiger partial charge in [-0.3, -0.25) is 4.79 Å². The Kier molecular flexibility index (Phi) is 11.2. The maximum Gasteiger partial charge on any atom is 0.265 e. The van der Waals surface area contributed by atoms with Crippen molar-refractivity contribution < 1.29 is 14.6 Å². The molecule has 0 radical (unpaired) electrons. The molecule has 0 aromatic heterocycles. The number of amides is 1. The van der Waals surface area contributed by atoms with Gasteiger partial charge in [-0.25, -0.2) is 0 Å². The van der Waals surface area contributed by atoms with Crippen molar-refractivity contribution in [2.24, 2.45) is 0 Å². The number of carbonyl (C=O) groups excluding carboxylic acids is 1. The molecule has 0 spiro atoms. The van der Waals surface area contributed by atoms with E-state index in [2.05, 4.69) is 12.2 Å². The molecule has 4 nitrogen and oxygen atoms in total. The number of para-hydroxylation sites is 1. The Morgan fingerprint density at radius 1 is 1.06 bits per heavy atom. The van der Waals surface area contributed by atoms with E-state index in [0.29, 0.717) is 16.3 Å². The highest BCUT2D eigenvalue weighted by atomic mass is 35.5. The fourth-order valence-corrected chi connectivity index (χ4v) is 4.01. The van der Waals surface area contributed by atoms with Crippen LogP contribution in [0.4, 0.5) is 5.69 Å². The van der Waals surface area contributed by atoms with Crippen LogP contribution in [0, 0.1) is 6.92 Å². The highest BCUT2D eigenvalue weighted by Crippen LogP contribution is 2.38. The van der Waals surface area contributed by atoms with Crippen LogP contribution in [0.1, 0.15) is 76.3 Å². The van der Waals surface area contributed by atoms with Gasteiger partial charge in [0.15, 0.2) is 11.9 Å². The highest BCUT2D eigenvalue weighted by molar-refractivity contribution is 6.37. The molecule has 1 unspecified atom stereocenters. The monoisotopic (exact) mass is 479 g/mol. The Balaban J connectivity index is 1.89. The number of rotatable bonds is 13. The molecular formula is C26H35Cl2NO3. The van der Waals surface area contributed by atoms with Crippen LogP contribution in [0.3, 0.4) is 0 Å². The fourth-order valence-electron chi connectivity index (χ4n) is 3.55. The van der Waals surface area contributed by atoms with Crippen molar-refractivity contribution in [3.8, 4) is 11.5 Å². The number of carbonyl (C=O) groups is 1. The van der Waals surface area contributed by atoms with E-state index in [4.69, 9.17) is 27.9 Å². The minimum atomic E-state index is -0.757. The number of hydrogen-bond donors (Lipinski definition) is 2. The molecule has 0 aliphatic carbocycles. The third-order valence-corrected chi connectivity index (χ3v) is 6.48. The average Bonchev–Trinajstić information content (AvgIpc) is 2.78. The molecule has 0 aliphatic rings. The lowest BCUT2D eigenvalue weighted by molar-refractivity contribution is -0.122. The first kappa shape index (κ1) is 26.3. The molecule has 1 atom stereocenters. The van der Waals surface area contributed by atoms with Gasteiger partial charge in [0.2, 0.25) is 0 Å². The van der Waals surface area contributed by atoms with Crippen LogP contribution in [0.5, 0.6) is 11.5 Å². The highest BCUT2D eigenvalue weighted by Gasteiger charge is 2.20. The summed E-state index contributed by atoms with van der Waals surface area (Å²) < 4.78 is 5.97. The van der Waals surface area contributed by atoms with E-state index in [-0.39, 0.29) is 16.5 Å². The van der Waals surface area contributed by atoms with E-state index >= 15 is 0 Å². The molecule has 2 rings (SSSR count). The zero-order valence-corrected chi connectivity index (χ0v) is 20.9. The molecule has 1 amide bonds. The van der Waals surface area contributed by atoms with Crippen LogP contribution in [0.25, 0.3) is 0 Å². The summed E-state index contributed by atoms with van der Waals surface area (Å²) in [5.74, 6) is 0.115. The summed E-state index contributed by atoms with van der Waals surface area (Å²) in [4.78, 5) is 12.7. The lowest BCUT2D eigenvalue weighted by atomic mass is 10.0. The molecule has 0 aliphatic heterocycles. The van der Waals surface area contributed by atoms with Gasteiger partial charge in [0, 0.05) is 5.02 Å². The predicted octanol–water partition coefficient (Wildman–Crippen LogP) is 8.10. The van der Waals surface area contributed by atoms with Crippen molar-refractivity contribution in [1.29, 1.82) is 0 Å². The average molecular weight is 480 g/mol. The van der Waals surface area contributed by atoms with Gasteiger partial charge in [-0.1, -0.05) is 93.3 Å². The summed E-state index contributed by atoms with van der Waals surface area (Å²) in [7, 11) is 0. The summed E-state index contributed by atoms with van der Waals surface area (Å²) in [6.45, 7) is 5.61. The first-order valence-electron chi connectivity index (χ1n) is 11.6. The van der Waals surface area contributed by atoms with E-state index in [9.17, 15) is 9.90 Å². The van der Waals surface area contributed by atoms with Crippen LogP contribution in [-0.2, 0) is 11.2 Å². The topological polar surface area (TPSA) is 58.6 Å². The molecule has 0 saturated heterocycles. The van der Waals surface area contributed by atoms with Crippen molar-refractivity contribution in [1.82, 2.24) is 0 Å². The Labute approximate surface area is 202 Å². The zero-order chi connectivity index (χ0) is 23.5. The van der Waals surface area contributed by atoms with Crippen LogP contribution in [-0.4, -0.2) is 17.1 Å². The van der Waals surface area contributed by atoms with Crippen molar-refractivity contribution in [2.45, 2.75) is 84.7 Å². The number of unbranched alkanes of at least 4 members (excludes halogenated alkanes) is 7. The molecule has 2 aromatic rings. The molecule has 2 aromatic carbocycles. The number of aromatic hydroxyl groups is 1. The van der Waals surface area contributed by atoms with E-state index in [1.807, 2.05) is 24.3 Å². The largest absolute Gasteiger partial charge is 0.504 e. The number of halogens is 2. The second-order valence-electron chi connectivity index (χ2n) is 8.28. The maximum absolute atomic E-state index is 12.7.